The normalized spacial score (nSPS) is 10.2. The maximum Gasteiger partial charge on any atom is 0.253 e. The van der Waals surface area contributed by atoms with Crippen molar-refractivity contribution in [2.24, 2.45) is 0 Å². The third kappa shape index (κ3) is 4.33. The van der Waals surface area contributed by atoms with E-state index in [1.165, 1.54) is 0 Å². The Morgan fingerprint density at radius 1 is 1.22 bits per heavy atom. The van der Waals surface area contributed by atoms with Crippen LogP contribution < -0.4 is 4.74 Å². The number of ether oxygens (including phenoxy) is 1. The van der Waals surface area contributed by atoms with Crippen molar-refractivity contribution in [3.05, 3.63) is 29.8 Å². The van der Waals surface area contributed by atoms with Crippen LogP contribution in [0.15, 0.2) is 24.3 Å². The molecule has 0 atom stereocenters. The minimum Gasteiger partial charge on any atom is -0.494 e. The molecule has 18 heavy (non-hydrogen) atoms. The zero-order valence-corrected chi connectivity index (χ0v) is 12.6. The number of benzene rings is 1. The smallest absolute Gasteiger partial charge is 0.253 e. The van der Waals surface area contributed by atoms with Gasteiger partial charge < -0.3 is 9.64 Å². The van der Waals surface area contributed by atoms with Crippen LogP contribution in [0.1, 0.15) is 30.6 Å². The van der Waals surface area contributed by atoms with Crippen molar-refractivity contribution < 1.29 is 9.53 Å². The van der Waals surface area contributed by atoms with Crippen LogP contribution in [0.5, 0.6) is 5.75 Å². The fourth-order valence-corrected chi connectivity index (χ4v) is 2.16. The van der Waals surface area contributed by atoms with Crippen LogP contribution in [0.25, 0.3) is 0 Å². The molecule has 0 aromatic heterocycles. The summed E-state index contributed by atoms with van der Waals surface area (Å²) in [6, 6.07) is 7.33. The lowest BCUT2D eigenvalue weighted by atomic mass is 10.2. The van der Waals surface area contributed by atoms with E-state index in [9.17, 15) is 4.79 Å². The minimum absolute atomic E-state index is 0.0827. The highest BCUT2D eigenvalue weighted by Gasteiger charge is 2.14. The lowest BCUT2D eigenvalue weighted by molar-refractivity contribution is 0.0766. The van der Waals surface area contributed by atoms with Crippen molar-refractivity contribution in [2.75, 3.05) is 25.0 Å². The largest absolute Gasteiger partial charge is 0.494 e. The van der Waals surface area contributed by atoms with E-state index < -0.39 is 0 Å². The Balaban J connectivity index is 2.74. The molecule has 0 heterocycles. The molecule has 0 radical (unpaired) electrons. The van der Waals surface area contributed by atoms with Gasteiger partial charge in [0.1, 0.15) is 5.75 Å². The van der Waals surface area contributed by atoms with Crippen LogP contribution in [0.3, 0.4) is 0 Å². The summed E-state index contributed by atoms with van der Waals surface area (Å²) in [5, 5.41) is 0.801. The first kappa shape index (κ1) is 15.0. The minimum atomic E-state index is 0.0827. The molecule has 1 aromatic rings. The maximum absolute atomic E-state index is 12.3. The van der Waals surface area contributed by atoms with Crippen molar-refractivity contribution in [3.63, 3.8) is 0 Å². The summed E-state index contributed by atoms with van der Waals surface area (Å²) in [4.78, 5) is 14.1. The van der Waals surface area contributed by atoms with Gasteiger partial charge in [-0.2, -0.15) is 0 Å². The predicted octanol–water partition coefficient (Wildman–Crippen LogP) is 3.33. The second kappa shape index (κ2) is 8.14. The van der Waals surface area contributed by atoms with Crippen LogP contribution in [0, 0.1) is 0 Å². The number of carbonyl (C=O) groups excluding carboxylic acids is 1. The number of hydrogen-bond donors (Lipinski definition) is 0. The number of rotatable bonds is 7. The summed E-state index contributed by atoms with van der Waals surface area (Å²) in [6.07, 6.45) is 0.968. The van der Waals surface area contributed by atoms with Gasteiger partial charge in [0, 0.05) is 24.0 Å². The number of amides is 1. The van der Waals surface area contributed by atoms with E-state index >= 15 is 0 Å². The number of carbonyl (C=O) groups is 1. The highest BCUT2D eigenvalue weighted by Crippen LogP contribution is 2.14. The Kier molecular flexibility index (Phi) is 6.80. The zero-order chi connectivity index (χ0) is 13.4. The molecule has 0 bridgehead atoms. The molecular weight excluding hydrogens is 294 g/mol. The quantitative estimate of drug-likeness (QED) is 0.723. The molecule has 0 unspecified atom stereocenters. The number of hydrogen-bond acceptors (Lipinski definition) is 2. The fraction of sp³-hybridized carbons (Fsp3) is 0.500. The molecule has 0 fully saturated rings. The summed E-state index contributed by atoms with van der Waals surface area (Å²) in [5.74, 6) is 0.885. The number of alkyl halides is 1. The summed E-state index contributed by atoms with van der Waals surface area (Å²) in [5.41, 5.74) is 0.716. The molecule has 1 amide bonds. The second-order valence-electron chi connectivity index (χ2n) is 3.94. The van der Waals surface area contributed by atoms with Gasteiger partial charge in [-0.3, -0.25) is 4.79 Å². The topological polar surface area (TPSA) is 29.5 Å². The zero-order valence-electron chi connectivity index (χ0n) is 11.0. The van der Waals surface area contributed by atoms with Crippen molar-refractivity contribution in [1.29, 1.82) is 0 Å². The summed E-state index contributed by atoms with van der Waals surface area (Å²) in [7, 11) is 0. The van der Waals surface area contributed by atoms with E-state index in [4.69, 9.17) is 4.74 Å². The molecule has 0 aliphatic rings. The Morgan fingerprint density at radius 3 is 2.39 bits per heavy atom. The number of halogens is 1. The molecular formula is C14H20BrNO2. The molecule has 0 saturated carbocycles. The van der Waals surface area contributed by atoms with E-state index in [-0.39, 0.29) is 5.91 Å². The van der Waals surface area contributed by atoms with Crippen LogP contribution in [-0.4, -0.2) is 35.8 Å². The third-order valence-electron chi connectivity index (χ3n) is 2.55. The Morgan fingerprint density at radius 2 is 1.89 bits per heavy atom. The molecule has 3 nitrogen and oxygen atoms in total. The maximum atomic E-state index is 12.3. The van der Waals surface area contributed by atoms with Gasteiger partial charge in [0.2, 0.25) is 0 Å². The lowest BCUT2D eigenvalue weighted by Gasteiger charge is -2.21. The molecule has 0 N–H and O–H groups in total. The Hall–Kier alpha value is -1.03. The number of nitrogens with zero attached hydrogens (tertiary/aromatic N) is 1. The summed E-state index contributed by atoms with van der Waals surface area (Å²) >= 11 is 3.38. The summed E-state index contributed by atoms with van der Waals surface area (Å²) < 4.78 is 5.36. The molecule has 1 rings (SSSR count). The fourth-order valence-electron chi connectivity index (χ4n) is 1.73. The van der Waals surface area contributed by atoms with Crippen LogP contribution in [0.4, 0.5) is 0 Å². The van der Waals surface area contributed by atoms with Crippen molar-refractivity contribution >= 4 is 21.8 Å². The van der Waals surface area contributed by atoms with E-state index in [2.05, 4.69) is 22.9 Å². The first-order valence-corrected chi connectivity index (χ1v) is 7.43. The standard InChI is InChI=1S/C14H20BrNO2/c1-3-10-16(11-9-15)14(17)12-5-7-13(8-6-12)18-4-2/h5-8H,3-4,9-11H2,1-2H3. The molecule has 0 saturated heterocycles. The van der Waals surface area contributed by atoms with Gasteiger partial charge in [0.25, 0.3) is 5.91 Å². The first-order chi connectivity index (χ1) is 8.72. The van der Waals surface area contributed by atoms with Crippen molar-refractivity contribution in [3.8, 4) is 5.75 Å². The third-order valence-corrected chi connectivity index (χ3v) is 2.90. The molecule has 0 spiro atoms. The molecule has 100 valence electrons. The van der Waals surface area contributed by atoms with Crippen molar-refractivity contribution in [1.82, 2.24) is 4.90 Å². The Labute approximate surface area is 117 Å². The van der Waals surface area contributed by atoms with Crippen LogP contribution in [0.2, 0.25) is 0 Å². The average molecular weight is 314 g/mol. The second-order valence-corrected chi connectivity index (χ2v) is 4.73. The van der Waals surface area contributed by atoms with E-state index in [1.54, 1.807) is 0 Å². The van der Waals surface area contributed by atoms with E-state index in [0.717, 1.165) is 30.6 Å². The highest BCUT2D eigenvalue weighted by atomic mass is 79.9. The van der Waals surface area contributed by atoms with Gasteiger partial charge in [-0.15, -0.1) is 0 Å². The molecule has 0 aliphatic carbocycles. The van der Waals surface area contributed by atoms with Crippen LogP contribution >= 0.6 is 15.9 Å². The first-order valence-electron chi connectivity index (χ1n) is 6.31. The van der Waals surface area contributed by atoms with Gasteiger partial charge >= 0.3 is 0 Å². The average Bonchev–Trinajstić information content (AvgIpc) is 2.39. The van der Waals surface area contributed by atoms with Crippen molar-refractivity contribution in [2.45, 2.75) is 20.3 Å². The molecule has 0 aliphatic heterocycles. The van der Waals surface area contributed by atoms with Crippen LogP contribution in [-0.2, 0) is 0 Å². The summed E-state index contributed by atoms with van der Waals surface area (Å²) in [6.45, 7) is 6.18. The van der Waals surface area contributed by atoms with Gasteiger partial charge in [0.15, 0.2) is 0 Å². The Bertz CT molecular complexity index is 359. The van der Waals surface area contributed by atoms with Gasteiger partial charge in [-0.05, 0) is 37.6 Å². The highest BCUT2D eigenvalue weighted by molar-refractivity contribution is 9.09. The monoisotopic (exact) mass is 313 g/mol. The van der Waals surface area contributed by atoms with E-state index in [0.29, 0.717) is 12.2 Å². The SMILES string of the molecule is CCCN(CCBr)C(=O)c1ccc(OCC)cc1. The van der Waals surface area contributed by atoms with Gasteiger partial charge in [-0.25, -0.2) is 0 Å². The van der Waals surface area contributed by atoms with Gasteiger partial charge in [-0.1, -0.05) is 22.9 Å². The molecule has 1 aromatic carbocycles. The van der Waals surface area contributed by atoms with Gasteiger partial charge in [0.05, 0.1) is 6.61 Å². The van der Waals surface area contributed by atoms with E-state index in [1.807, 2.05) is 36.1 Å². The lowest BCUT2D eigenvalue weighted by Crippen LogP contribution is -2.33. The molecule has 4 heteroatoms. The predicted molar refractivity (Wildman–Crippen MR) is 77.6 cm³/mol.